The Hall–Kier alpha value is -2.96. The summed E-state index contributed by atoms with van der Waals surface area (Å²) in [5, 5.41) is 7.97. The van der Waals surface area contributed by atoms with Crippen molar-refractivity contribution in [1.29, 1.82) is 0 Å². The minimum atomic E-state index is -0.385. The third-order valence-corrected chi connectivity index (χ3v) is 5.56. The van der Waals surface area contributed by atoms with Gasteiger partial charge in [-0.1, -0.05) is 51.8 Å². The highest BCUT2D eigenvalue weighted by Gasteiger charge is 2.20. The van der Waals surface area contributed by atoms with Crippen molar-refractivity contribution in [3.8, 4) is 17.1 Å². The van der Waals surface area contributed by atoms with Gasteiger partial charge in [-0.3, -0.25) is 4.79 Å². The van der Waals surface area contributed by atoms with Crippen LogP contribution in [-0.4, -0.2) is 20.7 Å². The van der Waals surface area contributed by atoms with Crippen LogP contribution in [0.1, 0.15) is 21.7 Å². The Bertz CT molecular complexity index is 1230. The van der Waals surface area contributed by atoms with Crippen LogP contribution in [0.15, 0.2) is 71.2 Å². The zero-order valence-corrected chi connectivity index (χ0v) is 18.7. The van der Waals surface area contributed by atoms with E-state index in [0.29, 0.717) is 16.5 Å². The number of rotatable bonds is 4. The molecule has 1 aromatic heterocycles. The molecule has 0 spiro atoms. The molecule has 0 aliphatic heterocycles. The van der Waals surface area contributed by atoms with Crippen LogP contribution in [0.3, 0.4) is 0 Å². The quantitative estimate of drug-likeness (QED) is 0.376. The Labute approximate surface area is 187 Å². The van der Waals surface area contributed by atoms with E-state index < -0.39 is 0 Å². The average Bonchev–Trinajstić information content (AvgIpc) is 3.17. The van der Waals surface area contributed by atoms with Crippen LogP contribution < -0.4 is 5.32 Å². The minimum absolute atomic E-state index is 0.0776. The molecule has 1 heterocycles. The number of hydrogen-bond donors (Lipinski definition) is 1. The van der Waals surface area contributed by atoms with E-state index in [-0.39, 0.29) is 11.7 Å². The van der Waals surface area contributed by atoms with E-state index in [1.807, 2.05) is 74.5 Å². The van der Waals surface area contributed by atoms with Crippen molar-refractivity contribution in [2.45, 2.75) is 13.8 Å². The van der Waals surface area contributed by atoms with Gasteiger partial charge < -0.3 is 5.32 Å². The highest BCUT2D eigenvalue weighted by molar-refractivity contribution is 9.10. The number of anilines is 1. The van der Waals surface area contributed by atoms with Crippen molar-refractivity contribution >= 4 is 39.1 Å². The van der Waals surface area contributed by atoms with Gasteiger partial charge in [0.05, 0.1) is 5.69 Å². The highest BCUT2D eigenvalue weighted by atomic mass is 79.9. The molecule has 0 saturated heterocycles. The molecule has 4 rings (SSSR count). The number of halogens is 2. The van der Waals surface area contributed by atoms with Crippen molar-refractivity contribution < 1.29 is 4.79 Å². The molecule has 5 nitrogen and oxygen atoms in total. The van der Waals surface area contributed by atoms with Crippen LogP contribution in [0, 0.1) is 13.8 Å². The van der Waals surface area contributed by atoms with Gasteiger partial charge in [0.1, 0.15) is 0 Å². The van der Waals surface area contributed by atoms with Crippen LogP contribution in [0.2, 0.25) is 5.02 Å². The van der Waals surface area contributed by atoms with E-state index in [0.717, 1.165) is 26.9 Å². The molecule has 0 saturated carbocycles. The van der Waals surface area contributed by atoms with Crippen LogP contribution >= 0.6 is 27.5 Å². The molecule has 1 N–H and O–H groups in total. The number of benzene rings is 3. The molecule has 30 heavy (non-hydrogen) atoms. The molecule has 3 aromatic carbocycles. The van der Waals surface area contributed by atoms with E-state index in [4.69, 9.17) is 11.6 Å². The number of nitrogens with one attached hydrogen (secondary N) is 1. The molecule has 4 aromatic rings. The smallest absolute Gasteiger partial charge is 0.295 e. The molecular weight excluding hydrogens is 464 g/mol. The lowest BCUT2D eigenvalue weighted by atomic mass is 10.1. The van der Waals surface area contributed by atoms with E-state index >= 15 is 0 Å². The molecule has 0 radical (unpaired) electrons. The second-order valence-electron chi connectivity index (χ2n) is 6.86. The first-order valence-corrected chi connectivity index (χ1v) is 10.5. The summed E-state index contributed by atoms with van der Waals surface area (Å²) in [5.74, 6) is 0.241. The Morgan fingerprint density at radius 2 is 1.77 bits per heavy atom. The molecule has 0 aliphatic carbocycles. The summed E-state index contributed by atoms with van der Waals surface area (Å²) >= 11 is 9.59. The SMILES string of the molecule is Cc1cccc(-n2nc(C(=O)Nc3ccc(Br)cc3)nc2-c2cccc(Cl)c2)c1C. The zero-order chi connectivity index (χ0) is 21.3. The number of aryl methyl sites for hydroxylation is 1. The predicted molar refractivity (Wildman–Crippen MR) is 123 cm³/mol. The number of carbonyl (C=O) groups excluding carboxylic acids is 1. The highest BCUT2D eigenvalue weighted by Crippen LogP contribution is 2.26. The lowest BCUT2D eigenvalue weighted by Crippen LogP contribution is -2.14. The summed E-state index contributed by atoms with van der Waals surface area (Å²) in [6.45, 7) is 4.06. The van der Waals surface area contributed by atoms with E-state index in [9.17, 15) is 4.79 Å². The standard InChI is InChI=1S/C23H18BrClN4O/c1-14-5-3-8-20(15(14)2)29-22(16-6-4-7-18(25)13-16)27-21(28-29)23(30)26-19-11-9-17(24)10-12-19/h3-13H,1-2H3,(H,26,30). The molecule has 0 atom stereocenters. The molecule has 0 unspecified atom stereocenters. The van der Waals surface area contributed by atoms with Crippen molar-refractivity contribution in [3.05, 3.63) is 93.2 Å². The van der Waals surface area contributed by atoms with Gasteiger partial charge in [-0.05, 0) is 67.4 Å². The fourth-order valence-corrected chi connectivity index (χ4v) is 3.53. The van der Waals surface area contributed by atoms with E-state index in [1.54, 1.807) is 10.7 Å². The van der Waals surface area contributed by atoms with Crippen molar-refractivity contribution in [1.82, 2.24) is 14.8 Å². The number of hydrogen-bond acceptors (Lipinski definition) is 3. The normalized spacial score (nSPS) is 10.8. The monoisotopic (exact) mass is 480 g/mol. The van der Waals surface area contributed by atoms with Crippen molar-refractivity contribution in [2.24, 2.45) is 0 Å². The summed E-state index contributed by atoms with van der Waals surface area (Å²) in [5.41, 5.74) is 4.49. The number of amides is 1. The second kappa shape index (κ2) is 8.42. The first-order chi connectivity index (χ1) is 14.4. The van der Waals surface area contributed by atoms with Gasteiger partial charge in [0.15, 0.2) is 5.82 Å². The third kappa shape index (κ3) is 4.15. The Kier molecular flexibility index (Phi) is 5.70. The Morgan fingerprint density at radius 1 is 1.03 bits per heavy atom. The molecule has 0 bridgehead atoms. The van der Waals surface area contributed by atoms with Crippen LogP contribution in [-0.2, 0) is 0 Å². The zero-order valence-electron chi connectivity index (χ0n) is 16.4. The second-order valence-corrected chi connectivity index (χ2v) is 8.21. The van der Waals surface area contributed by atoms with Crippen LogP contribution in [0.25, 0.3) is 17.1 Å². The lowest BCUT2D eigenvalue weighted by Gasteiger charge is -2.11. The molecule has 150 valence electrons. The molecule has 0 fully saturated rings. The van der Waals surface area contributed by atoms with Crippen molar-refractivity contribution in [3.63, 3.8) is 0 Å². The number of carbonyl (C=O) groups is 1. The van der Waals surface area contributed by atoms with E-state index in [1.165, 1.54) is 0 Å². The maximum atomic E-state index is 12.9. The van der Waals surface area contributed by atoms with Crippen LogP contribution in [0.5, 0.6) is 0 Å². The number of aromatic nitrogens is 3. The van der Waals surface area contributed by atoms with Gasteiger partial charge in [0, 0.05) is 20.7 Å². The van der Waals surface area contributed by atoms with Gasteiger partial charge in [0.2, 0.25) is 5.82 Å². The Morgan fingerprint density at radius 3 is 2.50 bits per heavy atom. The fraction of sp³-hybridized carbons (Fsp3) is 0.0870. The molecular formula is C23H18BrClN4O. The van der Waals surface area contributed by atoms with Gasteiger partial charge in [-0.15, -0.1) is 5.10 Å². The minimum Gasteiger partial charge on any atom is -0.319 e. The molecule has 1 amide bonds. The van der Waals surface area contributed by atoms with Gasteiger partial charge in [0.25, 0.3) is 5.91 Å². The average molecular weight is 482 g/mol. The molecule has 7 heteroatoms. The maximum absolute atomic E-state index is 12.9. The summed E-state index contributed by atoms with van der Waals surface area (Å²) in [7, 11) is 0. The van der Waals surface area contributed by atoms with Crippen molar-refractivity contribution in [2.75, 3.05) is 5.32 Å². The topological polar surface area (TPSA) is 59.8 Å². The largest absolute Gasteiger partial charge is 0.319 e. The lowest BCUT2D eigenvalue weighted by molar-refractivity contribution is 0.101. The first-order valence-electron chi connectivity index (χ1n) is 9.29. The van der Waals surface area contributed by atoms with Gasteiger partial charge in [-0.2, -0.15) is 0 Å². The summed E-state index contributed by atoms with van der Waals surface area (Å²) in [6.07, 6.45) is 0. The molecule has 0 aliphatic rings. The summed E-state index contributed by atoms with van der Waals surface area (Å²) in [4.78, 5) is 17.4. The first kappa shape index (κ1) is 20.3. The number of nitrogens with zero attached hydrogens (tertiary/aromatic N) is 3. The van der Waals surface area contributed by atoms with Gasteiger partial charge >= 0.3 is 0 Å². The summed E-state index contributed by atoms with van der Waals surface area (Å²) < 4.78 is 2.63. The predicted octanol–water partition coefficient (Wildman–Crippen LogP) is 6.22. The summed E-state index contributed by atoms with van der Waals surface area (Å²) in [6, 6.07) is 20.6. The third-order valence-electron chi connectivity index (χ3n) is 4.80. The fourth-order valence-electron chi connectivity index (χ4n) is 3.08. The Balaban J connectivity index is 1.80. The van der Waals surface area contributed by atoms with Gasteiger partial charge in [-0.25, -0.2) is 9.67 Å². The van der Waals surface area contributed by atoms with E-state index in [2.05, 4.69) is 31.3 Å². The van der Waals surface area contributed by atoms with Crippen LogP contribution in [0.4, 0.5) is 5.69 Å². The maximum Gasteiger partial charge on any atom is 0.295 e.